The molecule has 4 aliphatic rings. The topological polar surface area (TPSA) is 101 Å². The predicted molar refractivity (Wildman–Crippen MR) is 105 cm³/mol. The predicted octanol–water partition coefficient (Wildman–Crippen LogP) is 2.44. The first-order chi connectivity index (χ1) is 13.9. The van der Waals surface area contributed by atoms with Crippen LogP contribution in [0.15, 0.2) is 11.6 Å². The van der Waals surface area contributed by atoms with Crippen molar-refractivity contribution < 1.29 is 33.7 Å². The Bertz CT molecular complexity index is 838. The van der Waals surface area contributed by atoms with E-state index in [0.717, 1.165) is 5.57 Å². The van der Waals surface area contributed by atoms with E-state index in [9.17, 15) is 24.6 Å². The van der Waals surface area contributed by atoms with Crippen LogP contribution in [0.5, 0.6) is 0 Å². The number of hydrogen-bond donors (Lipinski definition) is 2. The van der Waals surface area contributed by atoms with Gasteiger partial charge in [-0.15, -0.1) is 0 Å². The fourth-order valence-electron chi connectivity index (χ4n) is 7.32. The molecule has 166 valence electrons. The number of carbonyl (C=O) groups excluding carboxylic acids is 3. The maximum absolute atomic E-state index is 16.9. The quantitative estimate of drug-likeness (QED) is 0.678. The van der Waals surface area contributed by atoms with Crippen molar-refractivity contribution in [3.8, 4) is 0 Å². The number of carbonyl (C=O) groups is 3. The summed E-state index contributed by atoms with van der Waals surface area (Å²) >= 11 is 0. The van der Waals surface area contributed by atoms with Gasteiger partial charge in [0.15, 0.2) is 12.4 Å². The maximum Gasteiger partial charge on any atom is 0.303 e. The SMILES string of the molecule is CC(=O)OCC(=O)[C@@]1(O)CCC2C3CCC4=CC(=O)CC[C@]4(C)[C@@]3(F)C(O)C[C@@]21C. The molecular formula is C23H31FO6. The Balaban J connectivity index is 1.71. The first kappa shape index (κ1) is 21.6. The Morgan fingerprint density at radius 3 is 2.57 bits per heavy atom. The lowest BCUT2D eigenvalue weighted by atomic mass is 9.44. The lowest BCUT2D eigenvalue weighted by Gasteiger charge is -2.63. The second kappa shape index (κ2) is 6.70. The standard InChI is InChI=1S/C23H31FO6/c1-13(25)30-12-19(28)22(29)9-7-16-17-5-4-14-10-15(26)6-8-20(14,2)23(17,24)18(27)11-21(16,22)3/h10,16-18,27,29H,4-9,11-12H2,1-3H3/t16?,17?,18?,20-,21-,22-,23-/m0/s1. The highest BCUT2D eigenvalue weighted by molar-refractivity contribution is 5.92. The van der Waals surface area contributed by atoms with Gasteiger partial charge in [-0.2, -0.15) is 0 Å². The van der Waals surface area contributed by atoms with Gasteiger partial charge >= 0.3 is 5.97 Å². The van der Waals surface area contributed by atoms with Gasteiger partial charge in [-0.3, -0.25) is 14.4 Å². The largest absolute Gasteiger partial charge is 0.458 e. The van der Waals surface area contributed by atoms with Crippen LogP contribution in [0.1, 0.15) is 65.7 Å². The van der Waals surface area contributed by atoms with Gasteiger partial charge < -0.3 is 14.9 Å². The molecule has 2 N–H and O–H groups in total. The van der Waals surface area contributed by atoms with Gasteiger partial charge in [0.2, 0.25) is 5.78 Å². The molecule has 3 fully saturated rings. The molecule has 0 aromatic heterocycles. The summed E-state index contributed by atoms with van der Waals surface area (Å²) in [4.78, 5) is 35.9. The second-order valence-electron chi connectivity index (χ2n) is 10.2. The third-order valence-electron chi connectivity index (χ3n) is 9.06. The molecule has 3 unspecified atom stereocenters. The smallest absolute Gasteiger partial charge is 0.303 e. The molecule has 30 heavy (non-hydrogen) atoms. The van der Waals surface area contributed by atoms with Crippen molar-refractivity contribution in [2.24, 2.45) is 22.7 Å². The van der Waals surface area contributed by atoms with Crippen molar-refractivity contribution in [2.45, 2.75) is 83.1 Å². The van der Waals surface area contributed by atoms with E-state index < -0.39 is 52.5 Å². The summed E-state index contributed by atoms with van der Waals surface area (Å²) in [6.45, 7) is 4.25. The summed E-state index contributed by atoms with van der Waals surface area (Å²) in [7, 11) is 0. The number of hydrogen-bond acceptors (Lipinski definition) is 6. The average Bonchev–Trinajstić information content (AvgIpc) is 2.94. The summed E-state index contributed by atoms with van der Waals surface area (Å²) < 4.78 is 21.8. The molecular weight excluding hydrogens is 391 g/mol. The summed E-state index contributed by atoms with van der Waals surface area (Å²) in [5, 5.41) is 22.6. The fraction of sp³-hybridized carbons (Fsp3) is 0.783. The minimum atomic E-state index is -1.91. The molecule has 6 nitrogen and oxygen atoms in total. The number of ketones is 2. The highest BCUT2D eigenvalue weighted by Crippen LogP contribution is 2.70. The van der Waals surface area contributed by atoms with Gasteiger partial charge in [-0.05, 0) is 50.5 Å². The average molecular weight is 422 g/mol. The fourth-order valence-corrected chi connectivity index (χ4v) is 7.32. The van der Waals surface area contributed by atoms with Crippen LogP contribution >= 0.6 is 0 Å². The first-order valence-electron chi connectivity index (χ1n) is 10.9. The van der Waals surface area contributed by atoms with Crippen LogP contribution in [-0.4, -0.2) is 51.7 Å². The van der Waals surface area contributed by atoms with E-state index >= 15 is 4.39 Å². The molecule has 0 radical (unpaired) electrons. The molecule has 0 heterocycles. The molecule has 0 aromatic rings. The Morgan fingerprint density at radius 2 is 1.90 bits per heavy atom. The van der Waals surface area contributed by atoms with Crippen molar-refractivity contribution in [2.75, 3.05) is 6.61 Å². The van der Waals surface area contributed by atoms with Crippen LogP contribution in [0.2, 0.25) is 0 Å². The molecule has 0 bridgehead atoms. The molecule has 7 heteroatoms. The number of ether oxygens (including phenoxy) is 1. The van der Waals surface area contributed by atoms with Crippen molar-refractivity contribution >= 4 is 17.5 Å². The number of rotatable bonds is 3. The van der Waals surface area contributed by atoms with Crippen molar-refractivity contribution in [1.82, 2.24) is 0 Å². The van der Waals surface area contributed by atoms with Crippen molar-refractivity contribution in [3.05, 3.63) is 11.6 Å². The first-order valence-corrected chi connectivity index (χ1v) is 10.9. The van der Waals surface area contributed by atoms with Gasteiger partial charge in [-0.25, -0.2) is 4.39 Å². The van der Waals surface area contributed by atoms with E-state index in [1.165, 1.54) is 6.92 Å². The van der Waals surface area contributed by atoms with Crippen LogP contribution < -0.4 is 0 Å². The third kappa shape index (κ3) is 2.57. The molecule has 7 atom stereocenters. The Labute approximate surface area is 175 Å². The van der Waals surface area contributed by atoms with Crippen LogP contribution in [0.25, 0.3) is 0 Å². The van der Waals surface area contributed by atoms with E-state index in [1.54, 1.807) is 13.0 Å². The van der Waals surface area contributed by atoms with Crippen LogP contribution in [0, 0.1) is 22.7 Å². The molecule has 0 aromatic carbocycles. The zero-order valence-corrected chi connectivity index (χ0v) is 17.9. The minimum Gasteiger partial charge on any atom is -0.458 e. The highest BCUT2D eigenvalue weighted by Gasteiger charge is 2.74. The lowest BCUT2D eigenvalue weighted by Crippen LogP contribution is -2.69. The zero-order chi connectivity index (χ0) is 22.1. The van der Waals surface area contributed by atoms with Crippen LogP contribution in [0.3, 0.4) is 0 Å². The summed E-state index contributed by atoms with van der Waals surface area (Å²) in [5.41, 5.74) is -4.83. The van der Waals surface area contributed by atoms with Gasteiger partial charge in [0.05, 0.1) is 6.10 Å². The number of alkyl halides is 1. The number of halogens is 1. The molecule has 0 spiro atoms. The van der Waals surface area contributed by atoms with Gasteiger partial charge in [0, 0.05) is 30.1 Å². The molecule has 0 amide bonds. The molecule has 0 saturated heterocycles. The summed E-state index contributed by atoms with van der Waals surface area (Å²) in [5.74, 6) is -1.99. The molecule has 3 saturated carbocycles. The molecule has 4 aliphatic carbocycles. The van der Waals surface area contributed by atoms with Gasteiger partial charge in [-0.1, -0.05) is 19.4 Å². The van der Waals surface area contributed by atoms with Crippen molar-refractivity contribution in [3.63, 3.8) is 0 Å². The monoisotopic (exact) mass is 422 g/mol. The van der Waals surface area contributed by atoms with E-state index in [2.05, 4.69) is 0 Å². The summed E-state index contributed by atoms with van der Waals surface area (Å²) in [6, 6.07) is 0. The van der Waals surface area contributed by atoms with E-state index in [0.29, 0.717) is 25.7 Å². The second-order valence-corrected chi connectivity index (χ2v) is 10.2. The van der Waals surface area contributed by atoms with Crippen LogP contribution in [-0.2, 0) is 19.1 Å². The van der Waals surface area contributed by atoms with E-state index in [4.69, 9.17) is 4.74 Å². The normalized spacial score (nSPS) is 47.6. The Hall–Kier alpha value is -1.60. The number of aliphatic hydroxyl groups excluding tert-OH is 1. The summed E-state index contributed by atoms with van der Waals surface area (Å²) in [6.07, 6.45) is 2.45. The third-order valence-corrected chi connectivity index (χ3v) is 9.06. The Kier molecular flexibility index (Phi) is 4.83. The van der Waals surface area contributed by atoms with Crippen LogP contribution in [0.4, 0.5) is 4.39 Å². The number of esters is 1. The molecule has 0 aliphatic heterocycles. The van der Waals surface area contributed by atoms with Crippen molar-refractivity contribution in [1.29, 1.82) is 0 Å². The highest BCUT2D eigenvalue weighted by atomic mass is 19.1. The van der Waals surface area contributed by atoms with E-state index in [-0.39, 0.29) is 31.0 Å². The Morgan fingerprint density at radius 1 is 1.20 bits per heavy atom. The number of aliphatic hydroxyl groups is 2. The number of Topliss-reactive ketones (excluding diaryl/α,β-unsaturated/α-hetero) is 1. The number of fused-ring (bicyclic) bond motifs is 5. The maximum atomic E-state index is 16.9. The molecule has 4 rings (SSSR count). The number of allylic oxidation sites excluding steroid dienone is 1. The van der Waals surface area contributed by atoms with Gasteiger partial charge in [0.25, 0.3) is 0 Å². The lowest BCUT2D eigenvalue weighted by molar-refractivity contribution is -0.227. The van der Waals surface area contributed by atoms with E-state index in [1.807, 2.05) is 6.92 Å². The zero-order valence-electron chi connectivity index (χ0n) is 17.9. The van der Waals surface area contributed by atoms with Gasteiger partial charge in [0.1, 0.15) is 11.3 Å². The minimum absolute atomic E-state index is 0.00553.